The highest BCUT2D eigenvalue weighted by Crippen LogP contribution is 2.34. The Labute approximate surface area is 155 Å². The van der Waals surface area contributed by atoms with E-state index in [0.717, 1.165) is 6.07 Å². The second-order valence-corrected chi connectivity index (χ2v) is 5.10. The van der Waals surface area contributed by atoms with Crippen LogP contribution >= 0.6 is 0 Å². The van der Waals surface area contributed by atoms with Crippen molar-refractivity contribution in [3.05, 3.63) is 45.3 Å². The number of rotatable bonds is 6. The fourth-order valence-electron chi connectivity index (χ4n) is 2.20. The van der Waals surface area contributed by atoms with Gasteiger partial charge in [-0.15, -0.1) is 5.10 Å². The molecule has 0 aliphatic carbocycles. The number of nitro benzene ring substituents is 1. The summed E-state index contributed by atoms with van der Waals surface area (Å²) >= 11 is 0. The number of nitrogens with zero attached hydrogens (tertiary/aromatic N) is 4. The highest BCUT2D eigenvalue weighted by Gasteiger charge is 2.35. The third-order valence-electron chi connectivity index (χ3n) is 3.34. The maximum absolute atomic E-state index is 12.9. The summed E-state index contributed by atoms with van der Waals surface area (Å²) in [6.45, 7) is 2.79. The molecule has 0 amide bonds. The molecule has 0 aliphatic heterocycles. The molecule has 0 spiro atoms. The summed E-state index contributed by atoms with van der Waals surface area (Å²) in [7, 11) is 0. The van der Waals surface area contributed by atoms with E-state index in [0.29, 0.717) is 10.7 Å². The molecule has 0 aliphatic rings. The first-order chi connectivity index (χ1) is 13.1. The van der Waals surface area contributed by atoms with Crippen LogP contribution in [0.25, 0.3) is 5.69 Å². The lowest BCUT2D eigenvalue weighted by Gasteiger charge is -2.10. The van der Waals surface area contributed by atoms with Crippen LogP contribution in [0.3, 0.4) is 0 Å². The van der Waals surface area contributed by atoms with Crippen LogP contribution in [0.4, 0.5) is 18.9 Å². The van der Waals surface area contributed by atoms with Gasteiger partial charge in [0.25, 0.3) is 5.69 Å². The predicted octanol–water partition coefficient (Wildman–Crippen LogP) is 2.55. The van der Waals surface area contributed by atoms with E-state index in [-0.39, 0.29) is 19.3 Å². The van der Waals surface area contributed by atoms with Crippen molar-refractivity contribution in [2.45, 2.75) is 20.0 Å². The lowest BCUT2D eigenvalue weighted by atomic mass is 10.1. The first-order valence-electron chi connectivity index (χ1n) is 7.77. The van der Waals surface area contributed by atoms with Crippen molar-refractivity contribution in [2.75, 3.05) is 13.2 Å². The average Bonchev–Trinajstić information content (AvgIpc) is 3.05. The zero-order valence-corrected chi connectivity index (χ0v) is 14.5. The Hall–Kier alpha value is -3.51. The Morgan fingerprint density at radius 3 is 2.32 bits per heavy atom. The third-order valence-corrected chi connectivity index (χ3v) is 3.34. The van der Waals surface area contributed by atoms with Crippen LogP contribution in [0.2, 0.25) is 0 Å². The van der Waals surface area contributed by atoms with Gasteiger partial charge in [0.1, 0.15) is 5.69 Å². The summed E-state index contributed by atoms with van der Waals surface area (Å²) < 4.78 is 48.7. The number of esters is 2. The Kier molecular flexibility index (Phi) is 5.96. The molecule has 0 unspecified atom stereocenters. The molecule has 1 aromatic carbocycles. The van der Waals surface area contributed by atoms with Crippen molar-refractivity contribution in [3.8, 4) is 5.69 Å². The lowest BCUT2D eigenvalue weighted by molar-refractivity contribution is -0.384. The largest absolute Gasteiger partial charge is 0.461 e. The highest BCUT2D eigenvalue weighted by molar-refractivity contribution is 6.01. The molecule has 1 heterocycles. The number of hydrogen-bond acceptors (Lipinski definition) is 8. The number of ether oxygens (including phenoxy) is 2. The second-order valence-electron chi connectivity index (χ2n) is 5.10. The summed E-state index contributed by atoms with van der Waals surface area (Å²) in [5, 5.41) is 18.3. The van der Waals surface area contributed by atoms with Gasteiger partial charge >= 0.3 is 18.1 Å². The van der Waals surface area contributed by atoms with Crippen LogP contribution in [-0.2, 0) is 15.7 Å². The van der Waals surface area contributed by atoms with Crippen molar-refractivity contribution in [1.82, 2.24) is 15.0 Å². The monoisotopic (exact) mass is 402 g/mol. The van der Waals surface area contributed by atoms with E-state index in [1.807, 2.05) is 0 Å². The minimum absolute atomic E-state index is 0.0611. The molecular weight excluding hydrogens is 389 g/mol. The van der Waals surface area contributed by atoms with Gasteiger partial charge in [-0.25, -0.2) is 9.59 Å². The van der Waals surface area contributed by atoms with E-state index in [2.05, 4.69) is 10.3 Å². The molecule has 0 atom stereocenters. The van der Waals surface area contributed by atoms with Gasteiger partial charge in [0.15, 0.2) is 5.69 Å². The molecule has 0 saturated carbocycles. The number of nitro groups is 1. The van der Waals surface area contributed by atoms with Gasteiger partial charge in [-0.05, 0) is 26.0 Å². The Morgan fingerprint density at radius 1 is 1.18 bits per heavy atom. The van der Waals surface area contributed by atoms with Gasteiger partial charge in [-0.3, -0.25) is 10.1 Å². The van der Waals surface area contributed by atoms with Gasteiger partial charge in [-0.2, -0.15) is 17.9 Å². The minimum Gasteiger partial charge on any atom is -0.461 e. The molecule has 1 aromatic heterocycles. The van der Waals surface area contributed by atoms with E-state index in [1.54, 1.807) is 0 Å². The van der Waals surface area contributed by atoms with E-state index < -0.39 is 51.4 Å². The third kappa shape index (κ3) is 4.07. The molecule has 150 valence electrons. The minimum atomic E-state index is -4.83. The number of aromatic nitrogens is 3. The molecule has 10 nitrogen and oxygen atoms in total. The Balaban J connectivity index is 2.72. The number of carbonyl (C=O) groups is 2. The van der Waals surface area contributed by atoms with E-state index >= 15 is 0 Å². The topological polar surface area (TPSA) is 126 Å². The standard InChI is InChI=1S/C15H13F3N4O6/c1-3-27-13(23)11-12(14(24)28-4-2)21(20-19-11)9-6-5-8(15(16,17)18)7-10(9)22(25)26/h5-7H,3-4H2,1-2H3. The lowest BCUT2D eigenvalue weighted by Crippen LogP contribution is -2.18. The first-order valence-corrected chi connectivity index (χ1v) is 7.77. The van der Waals surface area contributed by atoms with Gasteiger partial charge in [0.2, 0.25) is 5.69 Å². The summed E-state index contributed by atoms with van der Waals surface area (Å²) in [6, 6.07) is 1.60. The molecule has 13 heteroatoms. The molecular formula is C15H13F3N4O6. The number of benzene rings is 1. The van der Waals surface area contributed by atoms with Gasteiger partial charge in [0, 0.05) is 6.07 Å². The Morgan fingerprint density at radius 2 is 1.79 bits per heavy atom. The summed E-state index contributed by atoms with van der Waals surface area (Å²) in [6.07, 6.45) is -4.83. The van der Waals surface area contributed by atoms with Crippen molar-refractivity contribution in [3.63, 3.8) is 0 Å². The summed E-state index contributed by atoms with van der Waals surface area (Å²) in [5.41, 5.74) is -3.98. The number of alkyl halides is 3. The maximum atomic E-state index is 12.9. The van der Waals surface area contributed by atoms with E-state index in [9.17, 15) is 32.9 Å². The maximum Gasteiger partial charge on any atom is 0.416 e. The summed E-state index contributed by atoms with van der Waals surface area (Å²) in [4.78, 5) is 34.5. The fourth-order valence-corrected chi connectivity index (χ4v) is 2.20. The number of halogens is 3. The zero-order valence-electron chi connectivity index (χ0n) is 14.5. The molecule has 0 bridgehead atoms. The average molecular weight is 402 g/mol. The molecule has 0 saturated heterocycles. The quantitative estimate of drug-likeness (QED) is 0.410. The normalized spacial score (nSPS) is 11.2. The van der Waals surface area contributed by atoms with Crippen LogP contribution < -0.4 is 0 Å². The fraction of sp³-hybridized carbons (Fsp3) is 0.333. The number of carbonyl (C=O) groups excluding carboxylic acids is 2. The van der Waals surface area contributed by atoms with E-state index in [4.69, 9.17) is 9.47 Å². The van der Waals surface area contributed by atoms with Crippen molar-refractivity contribution in [1.29, 1.82) is 0 Å². The van der Waals surface area contributed by atoms with Crippen LogP contribution in [0.5, 0.6) is 0 Å². The van der Waals surface area contributed by atoms with Crippen molar-refractivity contribution < 1.29 is 37.2 Å². The zero-order chi connectivity index (χ0) is 21.1. The number of hydrogen-bond donors (Lipinski definition) is 0. The van der Waals surface area contributed by atoms with Crippen LogP contribution in [-0.4, -0.2) is 45.1 Å². The van der Waals surface area contributed by atoms with Crippen molar-refractivity contribution in [2.24, 2.45) is 0 Å². The summed E-state index contributed by atoms with van der Waals surface area (Å²) in [5.74, 6) is -2.16. The molecule has 0 fully saturated rings. The molecule has 2 aromatic rings. The Bertz CT molecular complexity index is 925. The highest BCUT2D eigenvalue weighted by atomic mass is 19.4. The SMILES string of the molecule is CCOC(=O)c1nnn(-c2ccc(C(F)(F)F)cc2[N+](=O)[O-])c1C(=O)OCC. The smallest absolute Gasteiger partial charge is 0.416 e. The van der Waals surface area contributed by atoms with Crippen LogP contribution in [0.15, 0.2) is 18.2 Å². The van der Waals surface area contributed by atoms with Gasteiger partial charge < -0.3 is 9.47 Å². The molecule has 0 N–H and O–H groups in total. The van der Waals surface area contributed by atoms with Gasteiger partial charge in [0.05, 0.1) is 23.7 Å². The van der Waals surface area contributed by atoms with Gasteiger partial charge in [-0.1, -0.05) is 5.21 Å². The van der Waals surface area contributed by atoms with Crippen molar-refractivity contribution >= 4 is 17.6 Å². The predicted molar refractivity (Wildman–Crippen MR) is 84.9 cm³/mol. The first kappa shape index (κ1) is 20.8. The molecule has 28 heavy (non-hydrogen) atoms. The van der Waals surface area contributed by atoms with Crippen LogP contribution in [0.1, 0.15) is 40.4 Å². The molecule has 2 rings (SSSR count). The van der Waals surface area contributed by atoms with Crippen LogP contribution in [0, 0.1) is 10.1 Å². The van der Waals surface area contributed by atoms with E-state index in [1.165, 1.54) is 13.8 Å². The second kappa shape index (κ2) is 8.02. The molecule has 0 radical (unpaired) electrons.